The summed E-state index contributed by atoms with van der Waals surface area (Å²) in [6.45, 7) is 4.32. The van der Waals surface area contributed by atoms with Gasteiger partial charge < -0.3 is 10.1 Å². The van der Waals surface area contributed by atoms with E-state index in [0.717, 1.165) is 0 Å². The number of nitrogens with zero attached hydrogens (tertiary/aromatic N) is 1. The highest BCUT2D eigenvalue weighted by molar-refractivity contribution is 7.89. The summed E-state index contributed by atoms with van der Waals surface area (Å²) in [5.41, 5.74) is 0.226. The Morgan fingerprint density at radius 1 is 1.47 bits per heavy atom. The Bertz CT molecular complexity index is 513. The van der Waals surface area contributed by atoms with Crippen molar-refractivity contribution < 1.29 is 17.9 Å². The number of sulfonamides is 1. The third kappa shape index (κ3) is 5.53. The Hall–Kier alpha value is -1.19. The van der Waals surface area contributed by atoms with E-state index in [-0.39, 0.29) is 18.0 Å². The van der Waals surface area contributed by atoms with E-state index >= 15 is 0 Å². The van der Waals surface area contributed by atoms with Crippen LogP contribution in [0.1, 0.15) is 24.3 Å². The van der Waals surface area contributed by atoms with Crippen LogP contribution in [0.5, 0.6) is 0 Å². The number of anilines is 1. The van der Waals surface area contributed by atoms with Crippen molar-refractivity contribution in [3.8, 4) is 0 Å². The van der Waals surface area contributed by atoms with E-state index in [4.69, 9.17) is 4.74 Å². The second-order valence-electron chi connectivity index (χ2n) is 3.50. The van der Waals surface area contributed by atoms with E-state index in [2.05, 4.69) is 15.0 Å². The maximum atomic E-state index is 11.4. The number of esters is 1. The lowest BCUT2D eigenvalue weighted by atomic mass is 10.5. The smallest absolute Gasteiger partial charge is 0.357 e. The zero-order valence-electron chi connectivity index (χ0n) is 10.8. The number of hydrogen-bond acceptors (Lipinski definition) is 7. The average molecular weight is 307 g/mol. The second kappa shape index (κ2) is 7.41. The van der Waals surface area contributed by atoms with Crippen molar-refractivity contribution in [1.82, 2.24) is 9.71 Å². The van der Waals surface area contributed by atoms with E-state index in [9.17, 15) is 13.2 Å². The molecule has 0 fully saturated rings. The molecule has 1 aromatic heterocycles. The molecule has 0 radical (unpaired) electrons. The summed E-state index contributed by atoms with van der Waals surface area (Å²) >= 11 is 1.23. The molecular formula is C10H17N3O4S2. The third-order valence-corrected chi connectivity index (χ3v) is 4.27. The molecule has 7 nitrogen and oxygen atoms in total. The quantitative estimate of drug-likeness (QED) is 0.685. The maximum Gasteiger partial charge on any atom is 0.357 e. The van der Waals surface area contributed by atoms with Crippen LogP contribution in [0.15, 0.2) is 5.38 Å². The van der Waals surface area contributed by atoms with E-state index in [1.54, 1.807) is 19.2 Å². The SMILES string of the molecule is CCNS(=O)(=O)CCNc1nc(C(=O)OCC)cs1. The molecule has 0 unspecified atom stereocenters. The van der Waals surface area contributed by atoms with Crippen molar-refractivity contribution in [2.24, 2.45) is 0 Å². The molecule has 0 saturated heterocycles. The summed E-state index contributed by atoms with van der Waals surface area (Å²) in [5, 5.41) is 4.92. The molecule has 0 saturated carbocycles. The van der Waals surface area contributed by atoms with Crippen LogP contribution >= 0.6 is 11.3 Å². The fourth-order valence-corrected chi connectivity index (χ4v) is 2.90. The van der Waals surface area contributed by atoms with Crippen molar-refractivity contribution in [3.05, 3.63) is 11.1 Å². The van der Waals surface area contributed by atoms with Crippen LogP contribution in [0.25, 0.3) is 0 Å². The molecule has 1 heterocycles. The van der Waals surface area contributed by atoms with Crippen molar-refractivity contribution in [3.63, 3.8) is 0 Å². The number of rotatable bonds is 8. The first-order chi connectivity index (χ1) is 8.98. The van der Waals surface area contributed by atoms with Gasteiger partial charge in [-0.3, -0.25) is 0 Å². The molecule has 0 bridgehead atoms. The lowest BCUT2D eigenvalue weighted by molar-refractivity contribution is 0.0520. The highest BCUT2D eigenvalue weighted by Crippen LogP contribution is 2.15. The number of carbonyl (C=O) groups is 1. The van der Waals surface area contributed by atoms with Gasteiger partial charge in [-0.2, -0.15) is 0 Å². The summed E-state index contributed by atoms with van der Waals surface area (Å²) in [5.74, 6) is -0.526. The fraction of sp³-hybridized carbons (Fsp3) is 0.600. The molecule has 9 heteroatoms. The molecule has 19 heavy (non-hydrogen) atoms. The maximum absolute atomic E-state index is 11.4. The van der Waals surface area contributed by atoms with Crippen molar-refractivity contribution in [2.45, 2.75) is 13.8 Å². The summed E-state index contributed by atoms with van der Waals surface area (Å²) in [6, 6.07) is 0. The Morgan fingerprint density at radius 2 is 2.21 bits per heavy atom. The number of ether oxygens (including phenoxy) is 1. The van der Waals surface area contributed by atoms with Gasteiger partial charge in [-0.15, -0.1) is 11.3 Å². The first-order valence-corrected chi connectivity index (χ1v) is 8.35. The number of hydrogen-bond donors (Lipinski definition) is 2. The van der Waals surface area contributed by atoms with Crippen LogP contribution in [0.3, 0.4) is 0 Å². The molecular weight excluding hydrogens is 290 g/mol. The van der Waals surface area contributed by atoms with Gasteiger partial charge in [0.1, 0.15) is 0 Å². The highest BCUT2D eigenvalue weighted by atomic mass is 32.2. The van der Waals surface area contributed by atoms with E-state index in [1.165, 1.54) is 11.3 Å². The topological polar surface area (TPSA) is 97.4 Å². The Kier molecular flexibility index (Phi) is 6.19. The molecule has 0 aliphatic rings. The van der Waals surface area contributed by atoms with Gasteiger partial charge in [0.25, 0.3) is 0 Å². The summed E-state index contributed by atoms with van der Waals surface area (Å²) in [4.78, 5) is 15.4. The normalized spacial score (nSPS) is 11.3. The Balaban J connectivity index is 2.45. The van der Waals surface area contributed by atoms with Gasteiger partial charge in [0.2, 0.25) is 10.0 Å². The number of nitrogens with one attached hydrogen (secondary N) is 2. The molecule has 108 valence electrons. The molecule has 0 aliphatic carbocycles. The molecule has 0 spiro atoms. The van der Waals surface area contributed by atoms with Crippen LogP contribution in [0, 0.1) is 0 Å². The van der Waals surface area contributed by atoms with Gasteiger partial charge in [-0.25, -0.2) is 22.9 Å². The number of carbonyl (C=O) groups excluding carboxylic acids is 1. The van der Waals surface area contributed by atoms with Gasteiger partial charge in [0, 0.05) is 18.5 Å². The van der Waals surface area contributed by atoms with Gasteiger partial charge in [0.05, 0.1) is 12.4 Å². The molecule has 0 aromatic carbocycles. The van der Waals surface area contributed by atoms with Gasteiger partial charge in [-0.1, -0.05) is 6.92 Å². The lowest BCUT2D eigenvalue weighted by Crippen LogP contribution is -2.29. The monoisotopic (exact) mass is 307 g/mol. The van der Waals surface area contributed by atoms with Crippen molar-refractivity contribution in [2.75, 3.05) is 30.8 Å². The van der Waals surface area contributed by atoms with E-state index < -0.39 is 16.0 Å². The minimum Gasteiger partial charge on any atom is -0.461 e. The molecule has 2 N–H and O–H groups in total. The van der Waals surface area contributed by atoms with E-state index in [1.807, 2.05) is 0 Å². The summed E-state index contributed by atoms with van der Waals surface area (Å²) < 4.78 is 29.9. The minimum absolute atomic E-state index is 0.0465. The minimum atomic E-state index is -3.25. The molecule has 0 aliphatic heterocycles. The predicted molar refractivity (Wildman–Crippen MR) is 74.0 cm³/mol. The second-order valence-corrected chi connectivity index (χ2v) is 6.29. The Morgan fingerprint density at radius 3 is 2.84 bits per heavy atom. The first kappa shape index (κ1) is 15.9. The summed E-state index contributed by atoms with van der Waals surface area (Å²) in [6.07, 6.45) is 0. The van der Waals surface area contributed by atoms with Crippen LogP contribution in [-0.2, 0) is 14.8 Å². The highest BCUT2D eigenvalue weighted by Gasteiger charge is 2.12. The van der Waals surface area contributed by atoms with E-state index in [0.29, 0.717) is 18.3 Å². The van der Waals surface area contributed by atoms with Crippen molar-refractivity contribution >= 4 is 32.5 Å². The zero-order valence-corrected chi connectivity index (χ0v) is 12.4. The lowest BCUT2D eigenvalue weighted by Gasteiger charge is -2.04. The number of thiazole rings is 1. The fourth-order valence-electron chi connectivity index (χ4n) is 1.24. The van der Waals surface area contributed by atoms with Gasteiger partial charge in [-0.05, 0) is 6.92 Å². The molecule has 0 amide bonds. The van der Waals surface area contributed by atoms with Crippen LogP contribution in [0.2, 0.25) is 0 Å². The first-order valence-electron chi connectivity index (χ1n) is 5.82. The van der Waals surface area contributed by atoms with Crippen LogP contribution < -0.4 is 10.0 Å². The molecule has 1 aromatic rings. The number of aromatic nitrogens is 1. The van der Waals surface area contributed by atoms with Crippen molar-refractivity contribution in [1.29, 1.82) is 0 Å². The Labute approximate surface area is 116 Å². The standard InChI is InChI=1S/C10H17N3O4S2/c1-3-12-19(15,16)6-5-11-10-13-8(7-18-10)9(14)17-4-2/h7,12H,3-6H2,1-2H3,(H,11,13). The van der Waals surface area contributed by atoms with Crippen LogP contribution in [0.4, 0.5) is 5.13 Å². The molecule has 1 rings (SSSR count). The van der Waals surface area contributed by atoms with Gasteiger partial charge >= 0.3 is 5.97 Å². The van der Waals surface area contributed by atoms with Gasteiger partial charge in [0.15, 0.2) is 10.8 Å². The predicted octanol–water partition coefficient (Wildman–Crippen LogP) is 0.671. The largest absolute Gasteiger partial charge is 0.461 e. The summed E-state index contributed by atoms with van der Waals surface area (Å²) in [7, 11) is -3.25. The zero-order chi connectivity index (χ0) is 14.3. The van der Waals surface area contributed by atoms with Crippen LogP contribution in [-0.4, -0.2) is 44.8 Å². The molecule has 0 atom stereocenters. The third-order valence-electron chi connectivity index (χ3n) is 2.00. The average Bonchev–Trinajstić information content (AvgIpc) is 2.77.